The highest BCUT2D eigenvalue weighted by Crippen LogP contribution is 2.36. The minimum atomic E-state index is -4.59. The first-order chi connectivity index (χ1) is 13.6. The first kappa shape index (κ1) is 21.0. The van der Waals surface area contributed by atoms with E-state index >= 15 is 0 Å². The average Bonchev–Trinajstić information content (AvgIpc) is 2.68. The predicted octanol–water partition coefficient (Wildman–Crippen LogP) is 3.57. The number of hydrogen-bond acceptors (Lipinski definition) is 5. The van der Waals surface area contributed by atoms with Gasteiger partial charge in [0.15, 0.2) is 11.6 Å². The van der Waals surface area contributed by atoms with Gasteiger partial charge in [-0.05, 0) is 30.3 Å². The lowest BCUT2D eigenvalue weighted by atomic mass is 10.2. The minimum absolute atomic E-state index is 0.0410. The van der Waals surface area contributed by atoms with Crippen LogP contribution in [0.1, 0.15) is 5.56 Å². The fourth-order valence-corrected chi connectivity index (χ4v) is 3.11. The van der Waals surface area contributed by atoms with Crippen LogP contribution >= 0.6 is 11.6 Å². The van der Waals surface area contributed by atoms with E-state index in [2.05, 4.69) is 15.5 Å². The van der Waals surface area contributed by atoms with Gasteiger partial charge in [0.1, 0.15) is 0 Å². The topological polar surface area (TPSA) is 64.6 Å². The summed E-state index contributed by atoms with van der Waals surface area (Å²) < 4.78 is 38.9. The number of halogens is 4. The summed E-state index contributed by atoms with van der Waals surface area (Å²) in [4.78, 5) is 17.8. The van der Waals surface area contributed by atoms with E-state index in [1.54, 1.807) is 4.90 Å². The smallest absolute Gasteiger partial charge is 0.361 e. The molecule has 0 atom stereocenters. The quantitative estimate of drug-likeness (QED) is 0.809. The number of nitrogens with zero attached hydrogens (tertiary/aromatic N) is 5. The molecule has 1 fully saturated rings. The number of benzene rings is 1. The molecule has 1 N–H and O–H groups in total. The molecule has 2 aromatic rings. The zero-order valence-corrected chi connectivity index (χ0v) is 16.6. The summed E-state index contributed by atoms with van der Waals surface area (Å²) in [5.41, 5.74) is -0.944. The molecule has 1 aliphatic heterocycles. The molecule has 2 amide bonds. The second-order valence-corrected chi connectivity index (χ2v) is 7.15. The third-order valence-corrected chi connectivity index (χ3v) is 4.84. The second-order valence-electron chi connectivity index (χ2n) is 6.74. The molecule has 3 rings (SSSR count). The van der Waals surface area contributed by atoms with E-state index in [0.29, 0.717) is 32.0 Å². The number of urea groups is 1. The van der Waals surface area contributed by atoms with Gasteiger partial charge in [-0.15, -0.1) is 10.2 Å². The highest BCUT2D eigenvalue weighted by molar-refractivity contribution is 6.31. The van der Waals surface area contributed by atoms with Crippen LogP contribution in [0.5, 0.6) is 0 Å². The maximum atomic E-state index is 13.0. The lowest BCUT2D eigenvalue weighted by molar-refractivity contribution is -0.137. The van der Waals surface area contributed by atoms with Gasteiger partial charge in [0.05, 0.1) is 10.6 Å². The SMILES string of the molecule is CN(C)c1ccc(N2CCN(C(=O)Nc3ccc(Cl)c(C(F)(F)F)c3)CC2)nn1. The van der Waals surface area contributed by atoms with Crippen LogP contribution < -0.4 is 15.1 Å². The van der Waals surface area contributed by atoms with Crippen LogP contribution in [0.25, 0.3) is 0 Å². The van der Waals surface area contributed by atoms with Crippen molar-refractivity contribution in [2.75, 3.05) is 55.4 Å². The maximum absolute atomic E-state index is 13.0. The van der Waals surface area contributed by atoms with Crippen LogP contribution in [0, 0.1) is 0 Å². The zero-order chi connectivity index (χ0) is 21.2. The number of nitrogens with one attached hydrogen (secondary N) is 1. The Balaban J connectivity index is 1.59. The van der Waals surface area contributed by atoms with Crippen LogP contribution in [0.15, 0.2) is 30.3 Å². The lowest BCUT2D eigenvalue weighted by Crippen LogP contribution is -2.50. The predicted molar refractivity (Wildman–Crippen MR) is 106 cm³/mol. The Labute approximate surface area is 171 Å². The van der Waals surface area contributed by atoms with Crippen molar-refractivity contribution in [1.82, 2.24) is 15.1 Å². The summed E-state index contributed by atoms with van der Waals surface area (Å²) in [6.45, 7) is 1.89. The third kappa shape index (κ3) is 5.00. The Kier molecular flexibility index (Phi) is 6.02. The molecule has 0 radical (unpaired) electrons. The molecule has 1 aromatic carbocycles. The van der Waals surface area contributed by atoms with Crippen LogP contribution in [0.2, 0.25) is 5.02 Å². The number of aromatic nitrogens is 2. The number of carbonyl (C=O) groups is 1. The molecule has 0 aliphatic carbocycles. The molecule has 1 saturated heterocycles. The minimum Gasteiger partial charge on any atom is -0.361 e. The second kappa shape index (κ2) is 8.32. The monoisotopic (exact) mass is 428 g/mol. The van der Waals surface area contributed by atoms with Crippen molar-refractivity contribution >= 4 is 35.0 Å². The van der Waals surface area contributed by atoms with Crippen molar-refractivity contribution in [2.24, 2.45) is 0 Å². The highest BCUT2D eigenvalue weighted by atomic mass is 35.5. The molecule has 11 heteroatoms. The number of alkyl halides is 3. The van der Waals surface area contributed by atoms with Gasteiger partial charge >= 0.3 is 12.2 Å². The fraction of sp³-hybridized carbons (Fsp3) is 0.389. The summed E-state index contributed by atoms with van der Waals surface area (Å²) in [5, 5.41) is 10.4. The zero-order valence-electron chi connectivity index (χ0n) is 15.9. The van der Waals surface area contributed by atoms with Crippen LogP contribution in [0.4, 0.5) is 35.3 Å². The molecule has 2 heterocycles. The molecule has 1 aliphatic rings. The van der Waals surface area contributed by atoms with E-state index in [4.69, 9.17) is 11.6 Å². The molecule has 0 saturated carbocycles. The number of hydrogen-bond donors (Lipinski definition) is 1. The molecular formula is C18H20ClF3N6O. The van der Waals surface area contributed by atoms with E-state index in [1.807, 2.05) is 36.0 Å². The largest absolute Gasteiger partial charge is 0.417 e. The molecule has 0 bridgehead atoms. The first-order valence-electron chi connectivity index (χ1n) is 8.84. The Morgan fingerprint density at radius 2 is 1.79 bits per heavy atom. The normalized spacial score (nSPS) is 14.7. The fourth-order valence-electron chi connectivity index (χ4n) is 2.89. The van der Waals surface area contributed by atoms with Gasteiger partial charge in [-0.1, -0.05) is 11.6 Å². The molecule has 7 nitrogen and oxygen atoms in total. The van der Waals surface area contributed by atoms with E-state index in [1.165, 1.54) is 6.07 Å². The van der Waals surface area contributed by atoms with E-state index < -0.39 is 22.8 Å². The maximum Gasteiger partial charge on any atom is 0.417 e. The lowest BCUT2D eigenvalue weighted by Gasteiger charge is -2.35. The third-order valence-electron chi connectivity index (χ3n) is 4.51. The van der Waals surface area contributed by atoms with Gasteiger partial charge < -0.3 is 20.0 Å². The van der Waals surface area contributed by atoms with Gasteiger partial charge in [-0.3, -0.25) is 0 Å². The summed E-state index contributed by atoms with van der Waals surface area (Å²) in [5.74, 6) is 1.45. The average molecular weight is 429 g/mol. The van der Waals surface area contributed by atoms with Crippen molar-refractivity contribution in [1.29, 1.82) is 0 Å². The van der Waals surface area contributed by atoms with Gasteiger partial charge in [0.25, 0.3) is 0 Å². The number of piperazine rings is 1. The molecular weight excluding hydrogens is 409 g/mol. The Morgan fingerprint density at radius 3 is 2.34 bits per heavy atom. The Bertz CT molecular complexity index is 867. The standard InChI is InChI=1S/C18H20ClF3N6O/c1-26(2)15-5-6-16(25-24-15)27-7-9-28(10-8-27)17(29)23-12-3-4-14(19)13(11-12)18(20,21)22/h3-6,11H,7-10H2,1-2H3,(H,23,29). The van der Waals surface area contributed by atoms with E-state index in [9.17, 15) is 18.0 Å². The van der Waals surface area contributed by atoms with Crippen molar-refractivity contribution in [3.05, 3.63) is 40.9 Å². The molecule has 156 valence electrons. The van der Waals surface area contributed by atoms with Crippen molar-refractivity contribution in [3.63, 3.8) is 0 Å². The Morgan fingerprint density at radius 1 is 1.10 bits per heavy atom. The van der Waals surface area contributed by atoms with Crippen molar-refractivity contribution < 1.29 is 18.0 Å². The van der Waals surface area contributed by atoms with Crippen molar-refractivity contribution in [2.45, 2.75) is 6.18 Å². The summed E-state index contributed by atoms with van der Waals surface area (Å²) in [7, 11) is 3.75. The Hall–Kier alpha value is -2.75. The molecule has 1 aromatic heterocycles. The van der Waals surface area contributed by atoms with E-state index in [-0.39, 0.29) is 5.69 Å². The summed E-state index contributed by atoms with van der Waals surface area (Å²) in [6.07, 6.45) is -4.59. The van der Waals surface area contributed by atoms with Crippen LogP contribution in [-0.4, -0.2) is 61.4 Å². The van der Waals surface area contributed by atoms with E-state index in [0.717, 1.165) is 18.0 Å². The molecule has 0 spiro atoms. The molecule has 29 heavy (non-hydrogen) atoms. The number of amides is 2. The van der Waals surface area contributed by atoms with Crippen molar-refractivity contribution in [3.8, 4) is 0 Å². The number of rotatable bonds is 3. The van der Waals surface area contributed by atoms with Gasteiger partial charge in [-0.25, -0.2) is 4.79 Å². The van der Waals surface area contributed by atoms with Gasteiger partial charge in [0.2, 0.25) is 0 Å². The van der Waals surface area contributed by atoms with Crippen LogP contribution in [0.3, 0.4) is 0 Å². The highest BCUT2D eigenvalue weighted by Gasteiger charge is 2.33. The van der Waals surface area contributed by atoms with Gasteiger partial charge in [0, 0.05) is 46.0 Å². The molecule has 0 unspecified atom stereocenters. The number of carbonyl (C=O) groups excluding carboxylic acids is 1. The summed E-state index contributed by atoms with van der Waals surface area (Å²) in [6, 6.07) is 6.55. The summed E-state index contributed by atoms with van der Waals surface area (Å²) >= 11 is 5.61. The number of anilines is 3. The first-order valence-corrected chi connectivity index (χ1v) is 9.21. The van der Waals surface area contributed by atoms with Gasteiger partial charge in [-0.2, -0.15) is 13.2 Å². The van der Waals surface area contributed by atoms with Crippen LogP contribution in [-0.2, 0) is 6.18 Å².